The highest BCUT2D eigenvalue weighted by Crippen LogP contribution is 2.58. The van der Waals surface area contributed by atoms with Gasteiger partial charge in [0.2, 0.25) is 0 Å². The van der Waals surface area contributed by atoms with Gasteiger partial charge in [-0.1, -0.05) is 0 Å². The first kappa shape index (κ1) is 27.3. The van der Waals surface area contributed by atoms with E-state index in [2.05, 4.69) is 32.1 Å². The number of alkyl halides is 1. The van der Waals surface area contributed by atoms with E-state index in [1.165, 1.54) is 11.3 Å². The Balaban J connectivity index is 1.23. The van der Waals surface area contributed by atoms with Crippen molar-refractivity contribution in [1.82, 2.24) is 25.1 Å². The number of fused-ring (bicyclic) bond motifs is 3. The largest absolute Gasteiger partial charge is 0.461 e. The quantitative estimate of drug-likeness (QED) is 0.406. The molecule has 3 aromatic rings. The Morgan fingerprint density at radius 1 is 1.31 bits per heavy atom. The van der Waals surface area contributed by atoms with Crippen LogP contribution in [-0.4, -0.2) is 76.6 Å². The average molecular weight is 607 g/mol. The fourth-order valence-electron chi connectivity index (χ4n) is 7.04. The number of nitrogens with two attached hydrogens (primary N) is 1. The van der Waals surface area contributed by atoms with Gasteiger partial charge < -0.3 is 20.3 Å². The number of nitrogens with zero attached hydrogens (tertiary/aromatic N) is 8. The first-order valence-electron chi connectivity index (χ1n) is 14.0. The lowest BCUT2D eigenvalue weighted by atomic mass is 9.88. The number of nitrogens with one attached hydrogen (secondary N) is 1. The molecule has 1 spiro atoms. The second-order valence-electron chi connectivity index (χ2n) is 11.7. The van der Waals surface area contributed by atoms with Gasteiger partial charge in [-0.05, 0) is 32.4 Å². The van der Waals surface area contributed by atoms with E-state index in [0.29, 0.717) is 60.4 Å². The predicted octanol–water partition coefficient (Wildman–Crippen LogP) is 3.70. The summed E-state index contributed by atoms with van der Waals surface area (Å²) in [5, 5.41) is 27.9. The normalized spacial score (nSPS) is 24.6. The van der Waals surface area contributed by atoms with Gasteiger partial charge in [-0.2, -0.15) is 25.6 Å². The number of hydrogen-bond donors (Lipinski definition) is 2. The van der Waals surface area contributed by atoms with Crippen molar-refractivity contribution in [2.45, 2.75) is 54.4 Å². The molecule has 3 N–H and O–H groups in total. The summed E-state index contributed by atoms with van der Waals surface area (Å²) in [6.07, 6.45) is 3.16. The van der Waals surface area contributed by atoms with E-state index >= 15 is 0 Å². The molecule has 0 aliphatic carbocycles. The molecule has 0 saturated carbocycles. The molecule has 4 aliphatic rings. The van der Waals surface area contributed by atoms with Crippen molar-refractivity contribution in [3.05, 3.63) is 39.5 Å². The third kappa shape index (κ3) is 4.11. The van der Waals surface area contributed by atoms with Crippen LogP contribution in [0.15, 0.2) is 12.3 Å². The number of aromatic amines is 1. The van der Waals surface area contributed by atoms with Crippen LogP contribution in [-0.2, 0) is 10.5 Å². The predicted molar refractivity (Wildman–Crippen MR) is 159 cm³/mol. The van der Waals surface area contributed by atoms with E-state index in [9.17, 15) is 14.9 Å². The second kappa shape index (κ2) is 10.0. The van der Waals surface area contributed by atoms with Crippen LogP contribution >= 0.6 is 23.1 Å². The number of hydrogen-bond acceptors (Lipinski definition) is 12. The molecule has 3 fully saturated rings. The van der Waals surface area contributed by atoms with E-state index in [-0.39, 0.29) is 22.3 Å². The topological polar surface area (TPSA) is 147 Å². The van der Waals surface area contributed by atoms with Crippen LogP contribution in [0.25, 0.3) is 0 Å². The molecule has 7 rings (SSSR count). The molecule has 11 nitrogen and oxygen atoms in total. The summed E-state index contributed by atoms with van der Waals surface area (Å²) in [4.78, 5) is 16.9. The third-order valence-corrected chi connectivity index (χ3v) is 12.0. The van der Waals surface area contributed by atoms with Crippen molar-refractivity contribution < 1.29 is 9.13 Å². The van der Waals surface area contributed by atoms with Crippen LogP contribution in [0.5, 0.6) is 6.01 Å². The standard InChI is InChI=1S/C28H31FN10OS2/c1-16(20-4-6-33-36-20)37(2)24-19(10-31)25(35-26(34-24)40-15-27-5-3-7-39(27)11-17(29)8-27)38-13-28(14-38)22-18(9-30)23(32)42-21(22)12-41-28/h4,6,16-17H,3,5,7-8,11-15,32H2,1-2H3,(H,33,36)/t16-,17-,27+/m1/s1. The minimum absolute atomic E-state index is 0.163. The van der Waals surface area contributed by atoms with Gasteiger partial charge >= 0.3 is 6.01 Å². The lowest BCUT2D eigenvalue weighted by molar-refractivity contribution is 0.107. The van der Waals surface area contributed by atoms with Crippen molar-refractivity contribution in [3.8, 4) is 18.1 Å². The molecule has 4 aliphatic heterocycles. The maximum Gasteiger partial charge on any atom is 0.320 e. The number of nitrogen functional groups attached to an aromatic ring is 1. The number of nitriles is 2. The fraction of sp³-hybridized carbons (Fsp3) is 0.536. The second-order valence-corrected chi connectivity index (χ2v) is 14.2. The van der Waals surface area contributed by atoms with Gasteiger partial charge in [-0.25, -0.2) is 4.39 Å². The summed E-state index contributed by atoms with van der Waals surface area (Å²) < 4.78 is 20.4. The third-order valence-electron chi connectivity index (χ3n) is 9.33. The summed E-state index contributed by atoms with van der Waals surface area (Å²) in [7, 11) is 1.88. The summed E-state index contributed by atoms with van der Waals surface area (Å²) in [6, 6.07) is 6.57. The Kier molecular flexibility index (Phi) is 6.49. The SMILES string of the molecule is C[C@H](c1ccn[nH]1)N(C)c1nc(OC[C@@]23CCCN2C[C@H](F)C3)nc(N2CC3(C2)SCc2sc(N)c(C#N)c23)c1C#N. The number of ether oxygens (including phenoxy) is 1. The zero-order chi connectivity index (χ0) is 29.2. The van der Waals surface area contributed by atoms with Crippen LogP contribution in [0.2, 0.25) is 0 Å². The van der Waals surface area contributed by atoms with Gasteiger partial charge in [-0.3, -0.25) is 10.00 Å². The van der Waals surface area contributed by atoms with Crippen LogP contribution < -0.4 is 20.3 Å². The minimum Gasteiger partial charge on any atom is -0.461 e. The molecule has 3 saturated heterocycles. The molecule has 42 heavy (non-hydrogen) atoms. The maximum atomic E-state index is 14.4. The van der Waals surface area contributed by atoms with E-state index in [1.807, 2.05) is 36.7 Å². The first-order chi connectivity index (χ1) is 20.3. The molecule has 3 aromatic heterocycles. The molecule has 7 heterocycles. The molecule has 0 aromatic carbocycles. The first-order valence-corrected chi connectivity index (χ1v) is 15.8. The molecule has 0 unspecified atom stereocenters. The highest BCUT2D eigenvalue weighted by Gasteiger charge is 2.53. The van der Waals surface area contributed by atoms with Crippen LogP contribution in [0, 0.1) is 22.7 Å². The average Bonchev–Trinajstić information content (AvgIpc) is 3.77. The van der Waals surface area contributed by atoms with Crippen LogP contribution in [0.1, 0.15) is 59.5 Å². The van der Waals surface area contributed by atoms with Crippen molar-refractivity contribution in [2.75, 3.05) is 55.4 Å². The van der Waals surface area contributed by atoms with Crippen molar-refractivity contribution in [1.29, 1.82) is 10.5 Å². The molecular weight excluding hydrogens is 576 g/mol. The van der Waals surface area contributed by atoms with Crippen LogP contribution in [0.3, 0.4) is 0 Å². The molecule has 14 heteroatoms. The van der Waals surface area contributed by atoms with Gasteiger partial charge in [-0.15, -0.1) is 23.1 Å². The molecule has 0 bridgehead atoms. The lowest BCUT2D eigenvalue weighted by Crippen LogP contribution is -2.57. The number of anilines is 3. The Labute approximate surface area is 251 Å². The fourth-order valence-corrected chi connectivity index (χ4v) is 9.85. The number of rotatable bonds is 7. The van der Waals surface area contributed by atoms with E-state index < -0.39 is 6.17 Å². The summed E-state index contributed by atoms with van der Waals surface area (Å²) in [5.74, 6) is 1.76. The van der Waals surface area contributed by atoms with Crippen molar-refractivity contribution in [3.63, 3.8) is 0 Å². The van der Waals surface area contributed by atoms with Gasteiger partial charge in [0.25, 0.3) is 0 Å². The van der Waals surface area contributed by atoms with Gasteiger partial charge in [0.05, 0.1) is 27.6 Å². The van der Waals surface area contributed by atoms with Gasteiger partial charge in [0.1, 0.15) is 35.5 Å². The van der Waals surface area contributed by atoms with Gasteiger partial charge in [0.15, 0.2) is 11.6 Å². The Bertz CT molecular complexity index is 1610. The smallest absolute Gasteiger partial charge is 0.320 e. The van der Waals surface area contributed by atoms with Gasteiger partial charge in [0, 0.05) is 55.5 Å². The highest BCUT2D eigenvalue weighted by molar-refractivity contribution is 8.00. The highest BCUT2D eigenvalue weighted by atomic mass is 32.2. The van der Waals surface area contributed by atoms with Crippen LogP contribution in [0.4, 0.5) is 21.0 Å². The molecular formula is C28H31FN10OS2. The molecule has 0 radical (unpaired) electrons. The van der Waals surface area contributed by atoms with Crippen molar-refractivity contribution >= 4 is 39.7 Å². The Hall–Kier alpha value is -3.59. The summed E-state index contributed by atoms with van der Waals surface area (Å²) >= 11 is 3.31. The lowest BCUT2D eigenvalue weighted by Gasteiger charge is -2.48. The van der Waals surface area contributed by atoms with E-state index in [1.54, 1.807) is 6.20 Å². The molecule has 3 atom stereocenters. The minimum atomic E-state index is -0.862. The molecule has 0 amide bonds. The van der Waals surface area contributed by atoms with Crippen molar-refractivity contribution in [2.24, 2.45) is 0 Å². The molecule has 218 valence electrons. The Morgan fingerprint density at radius 3 is 2.86 bits per heavy atom. The Morgan fingerprint density at radius 2 is 2.12 bits per heavy atom. The number of H-pyrrole nitrogens is 1. The zero-order valence-electron chi connectivity index (χ0n) is 23.4. The number of aromatic nitrogens is 4. The number of thioether (sulfide) groups is 1. The maximum absolute atomic E-state index is 14.4. The number of thiophene rings is 1. The summed E-state index contributed by atoms with van der Waals surface area (Å²) in [6.45, 7) is 4.77. The number of halogens is 1. The van der Waals surface area contributed by atoms with E-state index in [4.69, 9.17) is 20.4 Å². The summed E-state index contributed by atoms with van der Waals surface area (Å²) in [5.41, 5.74) is 8.66. The van der Waals surface area contributed by atoms with E-state index in [0.717, 1.165) is 41.3 Å². The monoisotopic (exact) mass is 606 g/mol. The zero-order valence-corrected chi connectivity index (χ0v) is 25.1.